The maximum absolute atomic E-state index is 13.6. The molecule has 11 heteroatoms. The maximum Gasteiger partial charge on any atom is 0.410 e. The van der Waals surface area contributed by atoms with E-state index >= 15 is 0 Å². The first-order valence-corrected chi connectivity index (χ1v) is 8.58. The van der Waals surface area contributed by atoms with Gasteiger partial charge in [0.1, 0.15) is 23.0 Å². The molecule has 1 aliphatic rings. The molecule has 0 spiro atoms. The highest BCUT2D eigenvalue weighted by atomic mass is 35.5. The van der Waals surface area contributed by atoms with Crippen molar-refractivity contribution in [2.45, 2.75) is 24.7 Å². The number of nitrogens with zero attached hydrogens (tertiary/aromatic N) is 3. The number of nitrogens with one attached hydrogen (secondary N) is 2. The van der Waals surface area contributed by atoms with Gasteiger partial charge in [-0.25, -0.2) is 9.67 Å². The van der Waals surface area contributed by atoms with Crippen molar-refractivity contribution in [2.75, 3.05) is 10.6 Å². The minimum atomic E-state index is -4.54. The SMILES string of the molecule is O=C(Nc1ccc(Cl)cn1)c1cnn2c1N[C@H](c1ccco1)C[C@@H]2C(F)(F)F. The summed E-state index contributed by atoms with van der Waals surface area (Å²) < 4.78 is 46.8. The van der Waals surface area contributed by atoms with Gasteiger partial charge in [0.2, 0.25) is 0 Å². The molecule has 146 valence electrons. The lowest BCUT2D eigenvalue weighted by Crippen LogP contribution is -2.36. The summed E-state index contributed by atoms with van der Waals surface area (Å²) in [6, 6.07) is 3.52. The number of aromatic nitrogens is 3. The predicted octanol–water partition coefficient (Wildman–Crippen LogP) is 4.44. The molecule has 3 aromatic heterocycles. The summed E-state index contributed by atoms with van der Waals surface area (Å²) in [5, 5.41) is 9.63. The minimum Gasteiger partial charge on any atom is -0.467 e. The van der Waals surface area contributed by atoms with Crippen molar-refractivity contribution in [2.24, 2.45) is 0 Å². The van der Waals surface area contributed by atoms with Gasteiger partial charge in [-0.1, -0.05) is 11.6 Å². The van der Waals surface area contributed by atoms with Gasteiger partial charge in [0, 0.05) is 12.6 Å². The second-order valence-corrected chi connectivity index (χ2v) is 6.61. The Morgan fingerprint density at radius 2 is 2.14 bits per heavy atom. The average molecular weight is 412 g/mol. The molecule has 2 atom stereocenters. The highest BCUT2D eigenvalue weighted by Crippen LogP contribution is 2.44. The van der Waals surface area contributed by atoms with Crippen LogP contribution >= 0.6 is 11.6 Å². The summed E-state index contributed by atoms with van der Waals surface area (Å²) in [5.74, 6) is -0.140. The number of rotatable bonds is 3. The molecule has 1 aliphatic heterocycles. The lowest BCUT2D eigenvalue weighted by Gasteiger charge is -2.32. The van der Waals surface area contributed by atoms with Gasteiger partial charge >= 0.3 is 6.18 Å². The lowest BCUT2D eigenvalue weighted by atomic mass is 10.0. The molecule has 0 fully saturated rings. The molecule has 4 heterocycles. The van der Waals surface area contributed by atoms with E-state index in [2.05, 4.69) is 20.7 Å². The maximum atomic E-state index is 13.6. The van der Waals surface area contributed by atoms with E-state index in [9.17, 15) is 18.0 Å². The highest BCUT2D eigenvalue weighted by Gasteiger charge is 2.47. The van der Waals surface area contributed by atoms with Crippen LogP contribution in [0, 0.1) is 0 Å². The molecule has 0 saturated heterocycles. The number of alkyl halides is 3. The number of anilines is 2. The van der Waals surface area contributed by atoms with Crippen molar-refractivity contribution in [3.05, 3.63) is 59.3 Å². The van der Waals surface area contributed by atoms with Crippen molar-refractivity contribution in [1.82, 2.24) is 14.8 Å². The summed E-state index contributed by atoms with van der Waals surface area (Å²) in [7, 11) is 0. The van der Waals surface area contributed by atoms with Crippen molar-refractivity contribution in [1.29, 1.82) is 0 Å². The van der Waals surface area contributed by atoms with Crippen LogP contribution in [0.1, 0.15) is 34.6 Å². The normalized spacial score (nSPS) is 19.0. The first-order chi connectivity index (χ1) is 13.3. The van der Waals surface area contributed by atoms with Gasteiger partial charge in [0.15, 0.2) is 6.04 Å². The topological polar surface area (TPSA) is 85.0 Å². The Bertz CT molecular complexity index is 985. The highest BCUT2D eigenvalue weighted by molar-refractivity contribution is 6.30. The molecule has 0 bridgehead atoms. The first kappa shape index (κ1) is 18.4. The minimum absolute atomic E-state index is 0.0396. The summed E-state index contributed by atoms with van der Waals surface area (Å²) in [6.07, 6.45) is -1.04. The zero-order chi connectivity index (χ0) is 19.9. The quantitative estimate of drug-likeness (QED) is 0.665. The first-order valence-electron chi connectivity index (χ1n) is 8.20. The Morgan fingerprint density at radius 1 is 1.32 bits per heavy atom. The zero-order valence-electron chi connectivity index (χ0n) is 14.1. The van der Waals surface area contributed by atoms with Gasteiger partial charge in [-0.05, 0) is 24.3 Å². The molecule has 0 aromatic carbocycles. The number of fused-ring (bicyclic) bond motifs is 1. The van der Waals surface area contributed by atoms with Crippen molar-refractivity contribution < 1.29 is 22.4 Å². The van der Waals surface area contributed by atoms with Crippen LogP contribution in [0.25, 0.3) is 0 Å². The largest absolute Gasteiger partial charge is 0.467 e. The van der Waals surface area contributed by atoms with Crippen LogP contribution in [0.4, 0.5) is 24.8 Å². The van der Waals surface area contributed by atoms with Gasteiger partial charge in [-0.15, -0.1) is 0 Å². The van der Waals surface area contributed by atoms with E-state index in [-0.39, 0.29) is 23.6 Å². The smallest absolute Gasteiger partial charge is 0.410 e. The third-order valence-electron chi connectivity index (χ3n) is 4.34. The predicted molar refractivity (Wildman–Crippen MR) is 94.2 cm³/mol. The Morgan fingerprint density at radius 3 is 2.79 bits per heavy atom. The Hall–Kier alpha value is -3.01. The van der Waals surface area contributed by atoms with Crippen LogP contribution in [-0.2, 0) is 0 Å². The summed E-state index contributed by atoms with van der Waals surface area (Å²) >= 11 is 5.75. The molecule has 4 rings (SSSR count). The second kappa shape index (κ2) is 6.86. The third kappa shape index (κ3) is 3.42. The van der Waals surface area contributed by atoms with Crippen LogP contribution in [0.15, 0.2) is 47.3 Å². The number of amides is 1. The van der Waals surface area contributed by atoms with Crippen molar-refractivity contribution in [3.8, 4) is 0 Å². The van der Waals surface area contributed by atoms with E-state index in [1.807, 2.05) is 0 Å². The van der Waals surface area contributed by atoms with E-state index in [0.29, 0.717) is 10.8 Å². The molecule has 7 nitrogen and oxygen atoms in total. The van der Waals surface area contributed by atoms with Crippen molar-refractivity contribution in [3.63, 3.8) is 0 Å². The van der Waals surface area contributed by atoms with Gasteiger partial charge in [0.05, 0.1) is 23.5 Å². The summed E-state index contributed by atoms with van der Waals surface area (Å²) in [5.41, 5.74) is -0.0396. The number of halogens is 4. The number of hydrogen-bond donors (Lipinski definition) is 2. The second-order valence-electron chi connectivity index (χ2n) is 6.17. The van der Waals surface area contributed by atoms with E-state index in [4.69, 9.17) is 16.0 Å². The molecule has 3 aromatic rings. The van der Waals surface area contributed by atoms with Gasteiger partial charge in [0.25, 0.3) is 5.91 Å². The number of hydrogen-bond acceptors (Lipinski definition) is 5. The average Bonchev–Trinajstić information content (AvgIpc) is 3.31. The number of furan rings is 1. The Balaban J connectivity index is 1.67. The molecule has 0 aliphatic carbocycles. The molecule has 0 saturated carbocycles. The van der Waals surface area contributed by atoms with Gasteiger partial charge in [-0.2, -0.15) is 18.3 Å². The Kier molecular flexibility index (Phi) is 4.50. The van der Waals surface area contributed by atoms with E-state index in [0.717, 1.165) is 10.9 Å². The summed E-state index contributed by atoms with van der Waals surface area (Å²) in [4.78, 5) is 16.5. The molecular formula is C17H13ClF3N5O2. The van der Waals surface area contributed by atoms with Crippen LogP contribution in [-0.4, -0.2) is 26.8 Å². The van der Waals surface area contributed by atoms with E-state index in [1.165, 1.54) is 24.6 Å². The Labute approximate surface area is 161 Å². The van der Waals surface area contributed by atoms with Crippen LogP contribution in [0.2, 0.25) is 5.02 Å². The van der Waals surface area contributed by atoms with Crippen molar-refractivity contribution >= 4 is 29.1 Å². The molecular weight excluding hydrogens is 399 g/mol. The third-order valence-corrected chi connectivity index (χ3v) is 4.56. The number of carbonyl (C=O) groups is 1. The molecule has 2 N–H and O–H groups in total. The fourth-order valence-electron chi connectivity index (χ4n) is 3.04. The van der Waals surface area contributed by atoms with Gasteiger partial charge in [-0.3, -0.25) is 4.79 Å². The fraction of sp³-hybridized carbons (Fsp3) is 0.235. The van der Waals surface area contributed by atoms with Crippen LogP contribution in [0.5, 0.6) is 0 Å². The lowest BCUT2D eigenvalue weighted by molar-refractivity contribution is -0.174. The van der Waals surface area contributed by atoms with Crippen LogP contribution < -0.4 is 10.6 Å². The van der Waals surface area contributed by atoms with E-state index < -0.39 is 24.2 Å². The fourth-order valence-corrected chi connectivity index (χ4v) is 3.15. The van der Waals surface area contributed by atoms with Gasteiger partial charge < -0.3 is 15.1 Å². The zero-order valence-corrected chi connectivity index (χ0v) is 14.8. The molecule has 1 amide bonds. The summed E-state index contributed by atoms with van der Waals surface area (Å²) in [6.45, 7) is 0. The number of carbonyl (C=O) groups excluding carboxylic acids is 1. The molecule has 0 radical (unpaired) electrons. The van der Waals surface area contributed by atoms with E-state index in [1.54, 1.807) is 12.1 Å². The number of pyridine rings is 1. The van der Waals surface area contributed by atoms with Crippen LogP contribution in [0.3, 0.4) is 0 Å². The molecule has 0 unspecified atom stereocenters. The monoisotopic (exact) mass is 411 g/mol. The standard InChI is InChI=1S/C17H13ClF3N5O2/c18-9-3-4-14(22-7-9)25-16(27)10-8-23-26-13(17(19,20)21)6-11(24-15(10)26)12-2-1-5-28-12/h1-5,7-8,11,13,24H,6H2,(H,22,25,27)/t11-,13+/m0/s1. The molecule has 28 heavy (non-hydrogen) atoms.